The van der Waals surface area contributed by atoms with Crippen molar-refractivity contribution >= 4 is 15.4 Å². The van der Waals surface area contributed by atoms with Gasteiger partial charge in [0.25, 0.3) is 0 Å². The predicted molar refractivity (Wildman–Crippen MR) is 95.0 cm³/mol. The molecule has 0 saturated heterocycles. The van der Waals surface area contributed by atoms with E-state index in [0.717, 1.165) is 19.8 Å². The molecule has 0 N–H and O–H groups in total. The molecule has 26 heavy (non-hydrogen) atoms. The number of benzene rings is 1. The van der Waals surface area contributed by atoms with Crippen LogP contribution in [-0.4, -0.2) is 28.4 Å². The fourth-order valence-electron chi connectivity index (χ4n) is 2.32. The zero-order chi connectivity index (χ0) is 19.2. The highest BCUT2D eigenvalue weighted by Crippen LogP contribution is 2.67. The van der Waals surface area contributed by atoms with Crippen LogP contribution in [0.3, 0.4) is 0 Å². The molecule has 0 aliphatic rings. The second-order valence-electron chi connectivity index (χ2n) is 5.15. The maximum atomic E-state index is 13.0. The molecule has 1 aromatic heterocycles. The lowest BCUT2D eigenvalue weighted by Crippen LogP contribution is -2.10. The normalized spacial score (nSPS) is 13.7. The first kappa shape index (κ1) is 21.1. The van der Waals surface area contributed by atoms with Crippen molar-refractivity contribution in [3.05, 3.63) is 59.5 Å². The van der Waals surface area contributed by atoms with Crippen molar-refractivity contribution in [3.8, 4) is 0 Å². The molecular weight excluding hydrogens is 382 g/mol. The molecule has 2 rings (SSSR count). The first-order chi connectivity index (χ1) is 12.4. The van der Waals surface area contributed by atoms with E-state index in [2.05, 4.69) is 0 Å². The van der Waals surface area contributed by atoms with E-state index in [4.69, 9.17) is 27.0 Å². The van der Waals surface area contributed by atoms with E-state index in [-0.39, 0.29) is 5.76 Å². The van der Waals surface area contributed by atoms with Gasteiger partial charge in [-0.2, -0.15) is 0 Å². The number of furan rings is 1. The van der Waals surface area contributed by atoms with E-state index >= 15 is 0 Å². The van der Waals surface area contributed by atoms with Crippen molar-refractivity contribution in [2.45, 2.75) is 12.3 Å². The fourth-order valence-corrected chi connectivity index (χ4v) is 4.84. The van der Waals surface area contributed by atoms with Gasteiger partial charge in [0.15, 0.2) is 0 Å². The van der Waals surface area contributed by atoms with Gasteiger partial charge < -0.3 is 13.5 Å². The monoisotopic (exact) mass is 404 g/mol. The Morgan fingerprint density at radius 1 is 0.923 bits per heavy atom. The Morgan fingerprint density at radius 3 is 2.08 bits per heavy atom. The molecule has 8 nitrogen and oxygen atoms in total. The lowest BCUT2D eigenvalue weighted by molar-refractivity contribution is 0.106. The summed E-state index contributed by atoms with van der Waals surface area (Å²) in [7, 11) is -3.18. The highest BCUT2D eigenvalue weighted by Gasteiger charge is 2.45. The van der Waals surface area contributed by atoms with Gasteiger partial charge in [-0.3, -0.25) is 18.1 Å². The molecule has 0 bridgehead atoms. The first-order valence-corrected chi connectivity index (χ1v) is 10.7. The quantitative estimate of drug-likeness (QED) is 0.523. The van der Waals surface area contributed by atoms with Crippen LogP contribution in [0.5, 0.6) is 0 Å². The van der Waals surface area contributed by atoms with Gasteiger partial charge in [-0.15, -0.1) is 0 Å². The van der Waals surface area contributed by atoms with Crippen molar-refractivity contribution in [1.29, 1.82) is 0 Å². The second kappa shape index (κ2) is 9.11. The second-order valence-corrected chi connectivity index (χ2v) is 9.26. The topological polar surface area (TPSA) is 93.4 Å². The minimum absolute atomic E-state index is 0.162. The lowest BCUT2D eigenvalue weighted by atomic mass is 10.1. The van der Waals surface area contributed by atoms with Gasteiger partial charge in [0.05, 0.1) is 6.26 Å². The number of hydrogen-bond donors (Lipinski definition) is 0. The van der Waals surface area contributed by atoms with E-state index in [9.17, 15) is 9.13 Å². The van der Waals surface area contributed by atoms with Crippen LogP contribution in [0.1, 0.15) is 22.7 Å². The Hall–Kier alpha value is -1.24. The molecular formula is C16H22O8P2. The highest BCUT2D eigenvalue weighted by atomic mass is 31.2. The van der Waals surface area contributed by atoms with Gasteiger partial charge in [-0.25, -0.2) is 4.57 Å². The number of hydrogen-bond acceptors (Lipinski definition) is 8. The molecule has 1 atom stereocenters. The first-order valence-electron chi connectivity index (χ1n) is 7.62. The van der Waals surface area contributed by atoms with Crippen LogP contribution < -0.4 is 0 Å². The van der Waals surface area contributed by atoms with Crippen LogP contribution in [0.15, 0.2) is 47.1 Å². The maximum Gasteiger partial charge on any atom is 0.475 e. The molecule has 144 valence electrons. The summed E-state index contributed by atoms with van der Waals surface area (Å²) < 4.78 is 56.0. The van der Waals surface area contributed by atoms with Gasteiger partial charge >= 0.3 is 15.4 Å². The van der Waals surface area contributed by atoms with Crippen LogP contribution in [0.4, 0.5) is 0 Å². The van der Waals surface area contributed by atoms with Gasteiger partial charge in [-0.1, -0.05) is 30.3 Å². The zero-order valence-corrected chi connectivity index (χ0v) is 16.8. The van der Waals surface area contributed by atoms with Crippen molar-refractivity contribution in [3.63, 3.8) is 0 Å². The molecule has 0 fully saturated rings. The average Bonchev–Trinajstić information content (AvgIpc) is 3.13. The molecule has 10 heteroatoms. The molecule has 1 aromatic carbocycles. The van der Waals surface area contributed by atoms with Crippen molar-refractivity contribution in [1.82, 2.24) is 0 Å². The van der Waals surface area contributed by atoms with Crippen LogP contribution in [0, 0.1) is 0 Å². The summed E-state index contributed by atoms with van der Waals surface area (Å²) in [6, 6.07) is 11.3. The molecule has 2 aromatic rings. The molecule has 0 amide bonds. The Labute approximate surface area is 152 Å². The maximum absolute atomic E-state index is 13.0. The summed E-state index contributed by atoms with van der Waals surface area (Å²) in [5, 5.41) is 0. The van der Waals surface area contributed by atoms with Gasteiger partial charge in [0, 0.05) is 40.4 Å². The smallest absolute Gasteiger partial charge is 0.466 e. The van der Waals surface area contributed by atoms with Crippen LogP contribution in [0.25, 0.3) is 0 Å². The number of rotatable bonds is 10. The van der Waals surface area contributed by atoms with E-state index in [0.29, 0.717) is 12.0 Å². The van der Waals surface area contributed by atoms with Crippen LogP contribution >= 0.6 is 15.4 Å². The number of phosphoric ester groups is 1. The summed E-state index contributed by atoms with van der Waals surface area (Å²) in [5.41, 5.74) is 1.68. The van der Waals surface area contributed by atoms with Crippen molar-refractivity contribution < 1.29 is 36.2 Å². The largest absolute Gasteiger partial charge is 0.475 e. The van der Waals surface area contributed by atoms with E-state index in [1.807, 2.05) is 30.3 Å². The van der Waals surface area contributed by atoms with Crippen LogP contribution in [0.2, 0.25) is 0 Å². The minimum Gasteiger partial charge on any atom is -0.466 e. The third-order valence-corrected chi connectivity index (χ3v) is 7.18. The summed E-state index contributed by atoms with van der Waals surface area (Å²) in [4.78, 5) is 0. The Balaban J connectivity index is 2.45. The molecule has 0 saturated carbocycles. The van der Waals surface area contributed by atoms with Crippen molar-refractivity contribution in [2.75, 3.05) is 28.4 Å². The standard InChI is InChI=1S/C16H22O8P2/c1-19-25(17,20-2)16(24-26(18,21-3)22-4)15-14(10-11-23-15)12-13-8-6-5-7-9-13/h5-11,16H,12H2,1-4H3. The summed E-state index contributed by atoms with van der Waals surface area (Å²) >= 11 is 0. The SMILES string of the molecule is COP(=O)(OC)OC(c1occc1Cc1ccccc1)P(=O)(OC)OC. The Bertz CT molecular complexity index is 773. The third-order valence-electron chi connectivity index (χ3n) is 3.71. The number of phosphoric acid groups is 1. The Morgan fingerprint density at radius 2 is 1.54 bits per heavy atom. The molecule has 0 aliphatic carbocycles. The van der Waals surface area contributed by atoms with Crippen LogP contribution in [-0.2, 0) is 38.2 Å². The lowest BCUT2D eigenvalue weighted by Gasteiger charge is -2.26. The third kappa shape index (κ3) is 4.72. The van der Waals surface area contributed by atoms with E-state index < -0.39 is 21.3 Å². The summed E-state index contributed by atoms with van der Waals surface area (Å²) in [6.45, 7) is 0. The molecule has 0 spiro atoms. The summed E-state index contributed by atoms with van der Waals surface area (Å²) in [5.74, 6) is -1.27. The highest BCUT2D eigenvalue weighted by molar-refractivity contribution is 7.55. The van der Waals surface area contributed by atoms with E-state index in [1.165, 1.54) is 20.5 Å². The minimum atomic E-state index is -4.00. The average molecular weight is 404 g/mol. The summed E-state index contributed by atoms with van der Waals surface area (Å²) in [6.07, 6.45) is 1.90. The Kier molecular flexibility index (Phi) is 7.38. The molecule has 1 heterocycles. The molecule has 0 aliphatic heterocycles. The van der Waals surface area contributed by atoms with Crippen molar-refractivity contribution in [2.24, 2.45) is 0 Å². The fraction of sp³-hybridized carbons (Fsp3) is 0.375. The molecule has 0 radical (unpaired) electrons. The zero-order valence-electron chi connectivity index (χ0n) is 15.0. The van der Waals surface area contributed by atoms with Gasteiger partial charge in [0.1, 0.15) is 5.76 Å². The molecule has 1 unspecified atom stereocenters. The van der Waals surface area contributed by atoms with Gasteiger partial charge in [0.2, 0.25) is 5.85 Å². The predicted octanol–water partition coefficient (Wildman–Crippen LogP) is 4.77. The van der Waals surface area contributed by atoms with Gasteiger partial charge in [-0.05, 0) is 11.6 Å². The van der Waals surface area contributed by atoms with E-state index in [1.54, 1.807) is 6.07 Å².